The Balaban J connectivity index is 1.24. The number of amides is 3. The van der Waals surface area contributed by atoms with Gasteiger partial charge in [0, 0.05) is 33.2 Å². The highest BCUT2D eigenvalue weighted by atomic mass is 32.2. The number of para-hydroxylation sites is 2. The molecule has 48 heavy (non-hydrogen) atoms. The first-order chi connectivity index (χ1) is 23.2. The zero-order valence-electron chi connectivity index (χ0n) is 25.7. The second-order valence-electron chi connectivity index (χ2n) is 10.2. The predicted molar refractivity (Wildman–Crippen MR) is 188 cm³/mol. The monoisotopic (exact) mass is 679 g/mol. The van der Waals surface area contributed by atoms with Crippen LogP contribution in [0.4, 0.5) is 16.5 Å². The van der Waals surface area contributed by atoms with E-state index in [1.807, 2.05) is 29.6 Å². The lowest BCUT2D eigenvalue weighted by Gasteiger charge is -2.13. The average Bonchev–Trinajstić information content (AvgIpc) is 3.57. The first-order valence-corrected chi connectivity index (χ1v) is 16.3. The molecule has 1 heterocycles. The number of thiazole rings is 1. The molecule has 3 N–H and O–H groups in total. The average molecular weight is 680 g/mol. The van der Waals surface area contributed by atoms with Gasteiger partial charge in [-0.2, -0.15) is 0 Å². The van der Waals surface area contributed by atoms with Crippen LogP contribution in [0, 0.1) is 10.1 Å². The van der Waals surface area contributed by atoms with Gasteiger partial charge in [-0.3, -0.25) is 24.5 Å². The summed E-state index contributed by atoms with van der Waals surface area (Å²) in [7, 11) is 1.59. The third-order valence-corrected chi connectivity index (χ3v) is 8.74. The molecule has 13 heteroatoms. The molecule has 0 radical (unpaired) electrons. The molecule has 5 rings (SSSR count). The second kappa shape index (κ2) is 15.7. The maximum Gasteiger partial charge on any atom is 0.276 e. The molecule has 0 aliphatic heterocycles. The summed E-state index contributed by atoms with van der Waals surface area (Å²) in [6.07, 6.45) is 1.26. The highest BCUT2D eigenvalue weighted by molar-refractivity contribution is 8.00. The standard InChI is InChI=1S/C35H29N5O6S2/c1-22(32(41)39-35-38-29(21-47-35)27-13-7-9-15-31(27)46-2)48-26-18-16-25(17-19-26)36-34(43)28(37-33(42)23-10-4-3-5-11-23)20-24-12-6-8-14-30(24)40(44)45/h3-22H,1-2H3,(H,36,43)(H,37,42)(H,38,39,41)/b28-20-. The van der Waals surface area contributed by atoms with E-state index in [1.165, 1.54) is 47.4 Å². The Hall–Kier alpha value is -5.79. The maximum atomic E-state index is 13.4. The lowest BCUT2D eigenvalue weighted by atomic mass is 10.1. The number of thioether (sulfide) groups is 1. The largest absolute Gasteiger partial charge is 0.496 e. The van der Waals surface area contributed by atoms with E-state index in [0.717, 1.165) is 10.5 Å². The van der Waals surface area contributed by atoms with Gasteiger partial charge in [-0.1, -0.05) is 42.5 Å². The minimum atomic E-state index is -0.679. The van der Waals surface area contributed by atoms with Crippen LogP contribution in [0.15, 0.2) is 119 Å². The number of carbonyl (C=O) groups excluding carboxylic acids is 3. The molecule has 11 nitrogen and oxygen atoms in total. The minimum Gasteiger partial charge on any atom is -0.496 e. The first-order valence-electron chi connectivity index (χ1n) is 14.5. The molecule has 242 valence electrons. The van der Waals surface area contributed by atoms with Gasteiger partial charge in [0.1, 0.15) is 11.4 Å². The quantitative estimate of drug-likeness (QED) is 0.0539. The molecule has 0 aliphatic carbocycles. The minimum absolute atomic E-state index is 0.147. The van der Waals surface area contributed by atoms with Crippen molar-refractivity contribution in [2.45, 2.75) is 17.1 Å². The molecule has 3 amide bonds. The second-order valence-corrected chi connectivity index (χ2v) is 12.4. The normalized spacial score (nSPS) is 11.7. The summed E-state index contributed by atoms with van der Waals surface area (Å²) >= 11 is 2.64. The maximum absolute atomic E-state index is 13.4. The molecule has 1 atom stereocenters. The SMILES string of the molecule is COc1ccccc1-c1csc(NC(=O)C(C)Sc2ccc(NC(=O)/C(=C/c3ccccc3[N+](=O)[O-])NC(=O)c3ccccc3)cc2)n1. The number of carbonyl (C=O) groups is 3. The van der Waals surface area contributed by atoms with Crippen LogP contribution in [-0.2, 0) is 9.59 Å². The lowest BCUT2D eigenvalue weighted by molar-refractivity contribution is -0.385. The number of benzene rings is 4. The van der Waals surface area contributed by atoms with Crippen molar-refractivity contribution in [3.05, 3.63) is 135 Å². The summed E-state index contributed by atoms with van der Waals surface area (Å²) < 4.78 is 5.41. The van der Waals surface area contributed by atoms with Crippen LogP contribution in [0.3, 0.4) is 0 Å². The van der Waals surface area contributed by atoms with Gasteiger partial charge in [0.15, 0.2) is 5.13 Å². The summed E-state index contributed by atoms with van der Waals surface area (Å²) in [4.78, 5) is 55.6. The number of nitro groups is 1. The number of anilines is 2. The number of hydrogen-bond donors (Lipinski definition) is 3. The topological polar surface area (TPSA) is 153 Å². The van der Waals surface area contributed by atoms with Gasteiger partial charge in [-0.15, -0.1) is 23.1 Å². The summed E-state index contributed by atoms with van der Waals surface area (Å²) in [5.74, 6) is -0.768. The van der Waals surface area contributed by atoms with Crippen molar-refractivity contribution in [2.75, 3.05) is 17.7 Å². The van der Waals surface area contributed by atoms with Crippen LogP contribution in [-0.4, -0.2) is 40.0 Å². The number of nitrogens with one attached hydrogen (secondary N) is 3. The third kappa shape index (κ3) is 8.51. The van der Waals surface area contributed by atoms with Gasteiger partial charge in [-0.25, -0.2) is 4.98 Å². The van der Waals surface area contributed by atoms with Crippen LogP contribution >= 0.6 is 23.1 Å². The van der Waals surface area contributed by atoms with E-state index < -0.39 is 22.0 Å². The molecular weight excluding hydrogens is 651 g/mol. The summed E-state index contributed by atoms with van der Waals surface area (Å²) in [6.45, 7) is 1.78. The van der Waals surface area contributed by atoms with E-state index in [2.05, 4.69) is 20.9 Å². The molecule has 0 bridgehead atoms. The lowest BCUT2D eigenvalue weighted by Crippen LogP contribution is -2.30. The van der Waals surface area contributed by atoms with E-state index in [1.54, 1.807) is 74.7 Å². The summed E-state index contributed by atoms with van der Waals surface area (Å²) in [5.41, 5.74) is 1.99. The van der Waals surface area contributed by atoms with E-state index in [9.17, 15) is 24.5 Å². The van der Waals surface area contributed by atoms with Crippen LogP contribution in [0.1, 0.15) is 22.8 Å². The van der Waals surface area contributed by atoms with Crippen molar-refractivity contribution < 1.29 is 24.0 Å². The fourth-order valence-corrected chi connectivity index (χ4v) is 6.05. The van der Waals surface area contributed by atoms with E-state index in [-0.39, 0.29) is 22.9 Å². The third-order valence-electron chi connectivity index (χ3n) is 6.87. The number of hydrogen-bond acceptors (Lipinski definition) is 9. The van der Waals surface area contributed by atoms with Gasteiger partial charge in [0.05, 0.1) is 28.5 Å². The molecule has 0 saturated heterocycles. The van der Waals surface area contributed by atoms with Crippen LogP contribution in [0.2, 0.25) is 0 Å². The van der Waals surface area contributed by atoms with Gasteiger partial charge in [0.2, 0.25) is 5.91 Å². The van der Waals surface area contributed by atoms with Crippen molar-refractivity contribution in [3.8, 4) is 17.0 Å². The molecule has 1 aromatic heterocycles. The van der Waals surface area contributed by atoms with Crippen molar-refractivity contribution >= 4 is 63.4 Å². The number of aromatic nitrogens is 1. The summed E-state index contributed by atoms with van der Waals surface area (Å²) in [5, 5.41) is 21.6. The van der Waals surface area contributed by atoms with E-state index in [4.69, 9.17) is 4.74 Å². The number of nitro benzene ring substituents is 1. The fraction of sp³-hybridized carbons (Fsp3) is 0.0857. The van der Waals surface area contributed by atoms with Gasteiger partial charge >= 0.3 is 0 Å². The van der Waals surface area contributed by atoms with Crippen molar-refractivity contribution in [1.29, 1.82) is 0 Å². The number of rotatable bonds is 12. The van der Waals surface area contributed by atoms with Crippen LogP contribution < -0.4 is 20.7 Å². The number of ether oxygens (including phenoxy) is 1. The molecule has 0 fully saturated rings. The molecule has 4 aromatic carbocycles. The highest BCUT2D eigenvalue weighted by Gasteiger charge is 2.20. The molecule has 0 saturated carbocycles. The zero-order valence-corrected chi connectivity index (χ0v) is 27.3. The zero-order chi connectivity index (χ0) is 34.0. The molecule has 0 spiro atoms. The fourth-order valence-electron chi connectivity index (χ4n) is 4.46. The smallest absolute Gasteiger partial charge is 0.276 e. The van der Waals surface area contributed by atoms with Gasteiger partial charge < -0.3 is 20.7 Å². The molecule has 0 aliphatic rings. The number of methoxy groups -OCH3 is 1. The Morgan fingerprint density at radius 2 is 1.60 bits per heavy atom. The van der Waals surface area contributed by atoms with Crippen molar-refractivity contribution in [2.24, 2.45) is 0 Å². The number of nitrogens with zero attached hydrogens (tertiary/aromatic N) is 2. The molecular formula is C35H29N5O6S2. The Labute approximate surface area is 284 Å². The Bertz CT molecular complexity index is 1980. The van der Waals surface area contributed by atoms with E-state index >= 15 is 0 Å². The van der Waals surface area contributed by atoms with Gasteiger partial charge in [0.25, 0.3) is 17.5 Å². The van der Waals surface area contributed by atoms with Crippen LogP contribution in [0.25, 0.3) is 17.3 Å². The van der Waals surface area contributed by atoms with Gasteiger partial charge in [-0.05, 0) is 67.6 Å². The first kappa shape index (κ1) is 33.6. The highest BCUT2D eigenvalue weighted by Crippen LogP contribution is 2.32. The van der Waals surface area contributed by atoms with Crippen molar-refractivity contribution in [1.82, 2.24) is 10.3 Å². The predicted octanol–water partition coefficient (Wildman–Crippen LogP) is 7.26. The Kier molecular flexibility index (Phi) is 11.0. The van der Waals surface area contributed by atoms with E-state index in [0.29, 0.717) is 27.8 Å². The summed E-state index contributed by atoms with van der Waals surface area (Å²) in [6, 6.07) is 28.5. The van der Waals surface area contributed by atoms with Crippen LogP contribution in [0.5, 0.6) is 5.75 Å². The Morgan fingerprint density at radius 3 is 2.33 bits per heavy atom. The molecule has 1 unspecified atom stereocenters. The molecule has 5 aromatic rings. The van der Waals surface area contributed by atoms with Crippen molar-refractivity contribution in [3.63, 3.8) is 0 Å². The Morgan fingerprint density at radius 1 is 0.917 bits per heavy atom.